The molecule has 120 valence electrons. The lowest BCUT2D eigenvalue weighted by molar-refractivity contribution is 0.106. The lowest BCUT2D eigenvalue weighted by Crippen LogP contribution is -2.23. The molecule has 0 heterocycles. The van der Waals surface area contributed by atoms with Gasteiger partial charge in [0, 0.05) is 19.2 Å². The van der Waals surface area contributed by atoms with Crippen LogP contribution in [0.15, 0.2) is 18.2 Å². The molecule has 0 fully saturated rings. The number of ether oxygens (including phenoxy) is 3. The average molecular weight is 295 g/mol. The molecule has 0 saturated heterocycles. The van der Waals surface area contributed by atoms with Crippen LogP contribution in [0.3, 0.4) is 0 Å². The van der Waals surface area contributed by atoms with E-state index in [1.807, 2.05) is 6.07 Å². The second-order valence-corrected chi connectivity index (χ2v) is 5.28. The highest BCUT2D eigenvalue weighted by Gasteiger charge is 2.15. The third kappa shape index (κ3) is 5.94. The highest BCUT2D eigenvalue weighted by Crippen LogP contribution is 2.29. The monoisotopic (exact) mass is 295 g/mol. The van der Waals surface area contributed by atoms with Crippen LogP contribution in [0.2, 0.25) is 0 Å². The fraction of sp³-hybridized carbons (Fsp3) is 0.647. The number of rotatable bonds is 10. The first-order valence-electron chi connectivity index (χ1n) is 7.63. The zero-order valence-corrected chi connectivity index (χ0v) is 13.9. The normalized spacial score (nSPS) is 13.8. The van der Waals surface area contributed by atoms with Gasteiger partial charge in [0.1, 0.15) is 11.5 Å². The molecule has 4 nitrogen and oxygen atoms in total. The first-order valence-corrected chi connectivity index (χ1v) is 7.63. The van der Waals surface area contributed by atoms with Gasteiger partial charge in [-0.3, -0.25) is 0 Å². The molecule has 0 amide bonds. The van der Waals surface area contributed by atoms with Crippen molar-refractivity contribution in [2.45, 2.75) is 45.3 Å². The molecule has 4 heteroatoms. The summed E-state index contributed by atoms with van der Waals surface area (Å²) in [5, 5.41) is 3.60. The van der Waals surface area contributed by atoms with Gasteiger partial charge < -0.3 is 19.5 Å². The molecule has 0 aliphatic carbocycles. The molecule has 0 saturated carbocycles. The standard InChI is InChI=1S/C17H29NO3/c1-6-9-18-17(8-7-13(2)19-3)14-10-15(20-4)12-16(11-14)21-5/h10-13,17-18H,6-9H2,1-5H3. The number of benzene rings is 1. The van der Waals surface area contributed by atoms with Crippen LogP contribution in [0, 0.1) is 0 Å². The third-order valence-corrected chi connectivity index (χ3v) is 3.68. The number of methoxy groups -OCH3 is 3. The molecule has 0 aliphatic heterocycles. The van der Waals surface area contributed by atoms with E-state index in [4.69, 9.17) is 14.2 Å². The van der Waals surface area contributed by atoms with Gasteiger partial charge in [-0.25, -0.2) is 0 Å². The first-order chi connectivity index (χ1) is 10.1. The number of nitrogens with one attached hydrogen (secondary N) is 1. The maximum absolute atomic E-state index is 5.37. The van der Waals surface area contributed by atoms with E-state index in [1.165, 1.54) is 5.56 Å². The molecule has 0 aromatic heterocycles. The predicted molar refractivity (Wildman–Crippen MR) is 86.3 cm³/mol. The molecule has 1 N–H and O–H groups in total. The molecule has 1 aromatic carbocycles. The first kappa shape index (κ1) is 17.8. The van der Waals surface area contributed by atoms with Crippen molar-refractivity contribution in [3.8, 4) is 11.5 Å². The van der Waals surface area contributed by atoms with E-state index in [0.29, 0.717) is 0 Å². The van der Waals surface area contributed by atoms with Crippen molar-refractivity contribution in [1.82, 2.24) is 5.32 Å². The Morgan fingerprint density at radius 3 is 2.10 bits per heavy atom. The van der Waals surface area contributed by atoms with E-state index in [1.54, 1.807) is 21.3 Å². The van der Waals surface area contributed by atoms with E-state index < -0.39 is 0 Å². The van der Waals surface area contributed by atoms with E-state index in [0.717, 1.165) is 37.3 Å². The van der Waals surface area contributed by atoms with Crippen molar-refractivity contribution in [2.24, 2.45) is 0 Å². The minimum atomic E-state index is 0.267. The molecular weight excluding hydrogens is 266 g/mol. The summed E-state index contributed by atoms with van der Waals surface area (Å²) in [4.78, 5) is 0. The van der Waals surface area contributed by atoms with Crippen molar-refractivity contribution >= 4 is 0 Å². The number of hydrogen-bond donors (Lipinski definition) is 1. The Morgan fingerprint density at radius 2 is 1.62 bits per heavy atom. The fourth-order valence-corrected chi connectivity index (χ4v) is 2.26. The van der Waals surface area contributed by atoms with Gasteiger partial charge in [0.15, 0.2) is 0 Å². The van der Waals surface area contributed by atoms with Crippen molar-refractivity contribution < 1.29 is 14.2 Å². The zero-order valence-electron chi connectivity index (χ0n) is 13.9. The molecular formula is C17H29NO3. The highest BCUT2D eigenvalue weighted by molar-refractivity contribution is 5.39. The van der Waals surface area contributed by atoms with Crippen molar-refractivity contribution in [3.05, 3.63) is 23.8 Å². The Labute approximate surface area is 128 Å². The Balaban J connectivity index is 2.89. The van der Waals surface area contributed by atoms with Crippen LogP contribution >= 0.6 is 0 Å². The van der Waals surface area contributed by atoms with Crippen LogP contribution in [0.4, 0.5) is 0 Å². The van der Waals surface area contributed by atoms with Gasteiger partial charge in [-0.15, -0.1) is 0 Å². The molecule has 2 atom stereocenters. The van der Waals surface area contributed by atoms with Gasteiger partial charge in [0.25, 0.3) is 0 Å². The summed E-state index contributed by atoms with van der Waals surface area (Å²) in [6.07, 6.45) is 3.41. The van der Waals surface area contributed by atoms with Gasteiger partial charge in [0.05, 0.1) is 20.3 Å². The smallest absolute Gasteiger partial charge is 0.122 e. The number of hydrogen-bond acceptors (Lipinski definition) is 4. The Bertz CT molecular complexity index is 387. The van der Waals surface area contributed by atoms with Crippen LogP contribution in [0.25, 0.3) is 0 Å². The Kier molecular flexibility index (Phi) is 8.16. The van der Waals surface area contributed by atoms with Crippen LogP contribution < -0.4 is 14.8 Å². The third-order valence-electron chi connectivity index (χ3n) is 3.68. The van der Waals surface area contributed by atoms with Crippen molar-refractivity contribution in [2.75, 3.05) is 27.9 Å². The van der Waals surface area contributed by atoms with Crippen LogP contribution in [0.5, 0.6) is 11.5 Å². The van der Waals surface area contributed by atoms with Crippen molar-refractivity contribution in [3.63, 3.8) is 0 Å². The van der Waals surface area contributed by atoms with E-state index >= 15 is 0 Å². The highest BCUT2D eigenvalue weighted by atomic mass is 16.5. The molecule has 1 aromatic rings. The van der Waals surface area contributed by atoms with Gasteiger partial charge in [-0.2, -0.15) is 0 Å². The van der Waals surface area contributed by atoms with E-state index in [-0.39, 0.29) is 12.1 Å². The van der Waals surface area contributed by atoms with Crippen LogP contribution in [-0.2, 0) is 4.74 Å². The molecule has 0 bridgehead atoms. The predicted octanol–water partition coefficient (Wildman–Crippen LogP) is 3.56. The largest absolute Gasteiger partial charge is 0.497 e. The zero-order chi connectivity index (χ0) is 15.7. The summed E-state index contributed by atoms with van der Waals surface area (Å²) in [6.45, 7) is 5.27. The second kappa shape index (κ2) is 9.64. The molecule has 1 rings (SSSR count). The van der Waals surface area contributed by atoms with E-state index in [9.17, 15) is 0 Å². The quantitative estimate of drug-likeness (QED) is 0.716. The molecule has 21 heavy (non-hydrogen) atoms. The summed E-state index contributed by atoms with van der Waals surface area (Å²) < 4.78 is 16.1. The van der Waals surface area contributed by atoms with E-state index in [2.05, 4.69) is 31.3 Å². The lowest BCUT2D eigenvalue weighted by atomic mass is 9.99. The summed E-state index contributed by atoms with van der Waals surface area (Å²) in [5.74, 6) is 1.65. The maximum atomic E-state index is 5.37. The van der Waals surface area contributed by atoms with Crippen molar-refractivity contribution in [1.29, 1.82) is 0 Å². The molecule has 0 radical (unpaired) electrons. The molecule has 0 aliphatic rings. The average Bonchev–Trinajstić information content (AvgIpc) is 2.53. The minimum Gasteiger partial charge on any atom is -0.497 e. The summed E-state index contributed by atoms with van der Waals surface area (Å²) in [5.41, 5.74) is 1.20. The topological polar surface area (TPSA) is 39.7 Å². The Morgan fingerprint density at radius 1 is 1.00 bits per heavy atom. The molecule has 0 spiro atoms. The van der Waals surface area contributed by atoms with Gasteiger partial charge >= 0.3 is 0 Å². The summed E-state index contributed by atoms with van der Waals surface area (Å²) in [7, 11) is 5.12. The minimum absolute atomic E-state index is 0.267. The van der Waals surface area contributed by atoms with Gasteiger partial charge in [-0.05, 0) is 50.4 Å². The van der Waals surface area contributed by atoms with Gasteiger partial charge in [-0.1, -0.05) is 6.92 Å². The molecule has 2 unspecified atom stereocenters. The van der Waals surface area contributed by atoms with Crippen LogP contribution in [0.1, 0.15) is 44.7 Å². The summed E-state index contributed by atoms with van der Waals surface area (Å²) in [6, 6.07) is 6.34. The Hall–Kier alpha value is -1.26. The lowest BCUT2D eigenvalue weighted by Gasteiger charge is -2.22. The second-order valence-electron chi connectivity index (χ2n) is 5.28. The van der Waals surface area contributed by atoms with Gasteiger partial charge in [0.2, 0.25) is 0 Å². The van der Waals surface area contributed by atoms with Crippen LogP contribution in [-0.4, -0.2) is 34.0 Å². The maximum Gasteiger partial charge on any atom is 0.122 e. The summed E-state index contributed by atoms with van der Waals surface area (Å²) >= 11 is 0. The SMILES string of the molecule is CCCNC(CCC(C)OC)c1cc(OC)cc(OC)c1. The fourth-order valence-electron chi connectivity index (χ4n) is 2.26.